The lowest BCUT2D eigenvalue weighted by molar-refractivity contribution is 0.122. The maximum Gasteiger partial charge on any atom is 0.133 e. The van der Waals surface area contributed by atoms with Gasteiger partial charge in [-0.3, -0.25) is 0 Å². The van der Waals surface area contributed by atoms with Crippen LogP contribution < -0.4 is 4.90 Å². The summed E-state index contributed by atoms with van der Waals surface area (Å²) in [6.45, 7) is 5.65. The van der Waals surface area contributed by atoms with E-state index >= 15 is 0 Å². The zero-order valence-electron chi connectivity index (χ0n) is 10.3. The Morgan fingerprint density at radius 3 is 2.94 bits per heavy atom. The number of anilines is 1. The molecular formula is C12H19N3OS. The minimum Gasteiger partial charge on any atom is -0.378 e. The molecule has 0 atom stereocenters. The molecule has 0 amide bonds. The molecule has 0 saturated carbocycles. The van der Waals surface area contributed by atoms with E-state index in [0.29, 0.717) is 0 Å². The standard InChI is InChI=1S/C12H19N3OS/c1-2-3-8-17-12-9-11(13-10-14-12)15-4-6-16-7-5-15/h9-10H,2-8H2,1H3. The molecule has 2 heterocycles. The Labute approximate surface area is 107 Å². The lowest BCUT2D eigenvalue weighted by Gasteiger charge is -2.27. The van der Waals surface area contributed by atoms with Gasteiger partial charge in [0.05, 0.1) is 13.2 Å². The smallest absolute Gasteiger partial charge is 0.133 e. The van der Waals surface area contributed by atoms with Crippen molar-refractivity contribution in [2.75, 3.05) is 37.0 Å². The van der Waals surface area contributed by atoms with E-state index in [2.05, 4.69) is 27.9 Å². The van der Waals surface area contributed by atoms with Crippen molar-refractivity contribution in [3.05, 3.63) is 12.4 Å². The van der Waals surface area contributed by atoms with Gasteiger partial charge in [-0.05, 0) is 12.2 Å². The zero-order chi connectivity index (χ0) is 11.9. The molecule has 17 heavy (non-hydrogen) atoms. The number of aromatic nitrogens is 2. The number of hydrogen-bond donors (Lipinski definition) is 0. The third-order valence-electron chi connectivity index (χ3n) is 2.71. The Bertz CT molecular complexity index is 342. The molecule has 5 heteroatoms. The number of ether oxygens (including phenoxy) is 1. The van der Waals surface area contributed by atoms with Gasteiger partial charge in [0, 0.05) is 19.2 Å². The average molecular weight is 253 g/mol. The SMILES string of the molecule is CCCCSc1cc(N2CCOCC2)ncn1. The largest absolute Gasteiger partial charge is 0.378 e. The third-order valence-corrected chi connectivity index (χ3v) is 3.72. The Morgan fingerprint density at radius 2 is 2.18 bits per heavy atom. The lowest BCUT2D eigenvalue weighted by Crippen LogP contribution is -2.36. The second-order valence-electron chi connectivity index (χ2n) is 4.02. The molecule has 1 aliphatic rings. The summed E-state index contributed by atoms with van der Waals surface area (Å²) in [6.07, 6.45) is 4.13. The molecule has 1 fully saturated rings. The summed E-state index contributed by atoms with van der Waals surface area (Å²) in [5.74, 6) is 2.16. The quantitative estimate of drug-likeness (QED) is 0.457. The lowest BCUT2D eigenvalue weighted by atomic mass is 10.4. The van der Waals surface area contributed by atoms with Crippen LogP contribution in [0.4, 0.5) is 5.82 Å². The molecule has 0 N–H and O–H groups in total. The van der Waals surface area contributed by atoms with Gasteiger partial charge in [-0.15, -0.1) is 11.8 Å². The first-order chi connectivity index (χ1) is 8.40. The molecular weight excluding hydrogens is 234 g/mol. The van der Waals surface area contributed by atoms with Gasteiger partial charge in [-0.25, -0.2) is 9.97 Å². The number of hydrogen-bond acceptors (Lipinski definition) is 5. The first-order valence-electron chi connectivity index (χ1n) is 6.17. The first-order valence-corrected chi connectivity index (χ1v) is 7.16. The average Bonchev–Trinajstić information content (AvgIpc) is 2.41. The molecule has 0 radical (unpaired) electrons. The van der Waals surface area contributed by atoms with Crippen molar-refractivity contribution in [3.63, 3.8) is 0 Å². The predicted molar refractivity (Wildman–Crippen MR) is 70.7 cm³/mol. The van der Waals surface area contributed by atoms with Gasteiger partial charge in [-0.1, -0.05) is 13.3 Å². The van der Waals surface area contributed by atoms with Crippen LogP contribution in [0.3, 0.4) is 0 Å². The van der Waals surface area contributed by atoms with Crippen molar-refractivity contribution < 1.29 is 4.74 Å². The minimum absolute atomic E-state index is 0.794. The van der Waals surface area contributed by atoms with E-state index < -0.39 is 0 Å². The molecule has 1 aromatic rings. The van der Waals surface area contributed by atoms with Gasteiger partial charge in [0.1, 0.15) is 17.2 Å². The predicted octanol–water partition coefficient (Wildman–Crippen LogP) is 2.21. The molecule has 2 rings (SSSR count). The maximum absolute atomic E-state index is 5.34. The van der Waals surface area contributed by atoms with Crippen LogP contribution in [-0.2, 0) is 4.74 Å². The summed E-state index contributed by atoms with van der Waals surface area (Å²) in [4.78, 5) is 10.9. The van der Waals surface area contributed by atoms with Crippen LogP contribution in [0, 0.1) is 0 Å². The number of nitrogens with zero attached hydrogens (tertiary/aromatic N) is 3. The highest BCUT2D eigenvalue weighted by atomic mass is 32.2. The molecule has 1 aromatic heterocycles. The molecule has 0 spiro atoms. The summed E-state index contributed by atoms with van der Waals surface area (Å²) in [5.41, 5.74) is 0. The van der Waals surface area contributed by atoms with Gasteiger partial charge < -0.3 is 9.64 Å². The van der Waals surface area contributed by atoms with Crippen LogP contribution in [0.2, 0.25) is 0 Å². The summed E-state index contributed by atoms with van der Waals surface area (Å²) in [6, 6.07) is 2.09. The Kier molecular flexibility index (Phi) is 5.07. The molecule has 1 saturated heterocycles. The fourth-order valence-corrected chi connectivity index (χ4v) is 2.65. The summed E-state index contributed by atoms with van der Waals surface area (Å²) < 4.78 is 5.34. The van der Waals surface area contributed by atoms with E-state index in [9.17, 15) is 0 Å². The highest BCUT2D eigenvalue weighted by molar-refractivity contribution is 7.99. The highest BCUT2D eigenvalue weighted by Gasteiger charge is 2.12. The first kappa shape index (κ1) is 12.6. The molecule has 1 aliphatic heterocycles. The molecule has 0 unspecified atom stereocenters. The van der Waals surface area contributed by atoms with Crippen LogP contribution in [0.5, 0.6) is 0 Å². The Morgan fingerprint density at radius 1 is 1.35 bits per heavy atom. The van der Waals surface area contributed by atoms with Crippen molar-refractivity contribution in [1.29, 1.82) is 0 Å². The third kappa shape index (κ3) is 3.85. The Hall–Kier alpha value is -0.810. The number of thioether (sulfide) groups is 1. The van der Waals surface area contributed by atoms with E-state index in [-0.39, 0.29) is 0 Å². The second-order valence-corrected chi connectivity index (χ2v) is 5.13. The van der Waals surface area contributed by atoms with Crippen molar-refractivity contribution in [3.8, 4) is 0 Å². The van der Waals surface area contributed by atoms with E-state index in [1.807, 2.05) is 11.8 Å². The van der Waals surface area contributed by atoms with Gasteiger partial charge in [-0.2, -0.15) is 0 Å². The molecule has 0 bridgehead atoms. The van der Waals surface area contributed by atoms with Gasteiger partial charge in [0.25, 0.3) is 0 Å². The van der Waals surface area contributed by atoms with Crippen molar-refractivity contribution >= 4 is 17.6 Å². The van der Waals surface area contributed by atoms with Crippen LogP contribution >= 0.6 is 11.8 Å². The maximum atomic E-state index is 5.34. The van der Waals surface area contributed by atoms with Gasteiger partial charge in [0.15, 0.2) is 0 Å². The van der Waals surface area contributed by atoms with Crippen LogP contribution in [-0.4, -0.2) is 42.0 Å². The second kappa shape index (κ2) is 6.81. The minimum atomic E-state index is 0.794. The van der Waals surface area contributed by atoms with Crippen molar-refractivity contribution in [1.82, 2.24) is 9.97 Å². The topological polar surface area (TPSA) is 38.2 Å². The van der Waals surface area contributed by atoms with Crippen molar-refractivity contribution in [2.45, 2.75) is 24.8 Å². The fraction of sp³-hybridized carbons (Fsp3) is 0.667. The van der Waals surface area contributed by atoms with E-state index in [0.717, 1.165) is 42.9 Å². The molecule has 94 valence electrons. The summed E-state index contributed by atoms with van der Waals surface area (Å²) in [7, 11) is 0. The number of rotatable bonds is 5. The van der Waals surface area contributed by atoms with E-state index in [1.165, 1.54) is 12.8 Å². The Balaban J connectivity index is 1.95. The fourth-order valence-electron chi connectivity index (χ4n) is 1.70. The molecule has 0 aliphatic carbocycles. The molecule has 0 aromatic carbocycles. The molecule has 4 nitrogen and oxygen atoms in total. The van der Waals surface area contributed by atoms with Crippen LogP contribution in [0.15, 0.2) is 17.4 Å². The normalized spacial score (nSPS) is 16.2. The number of morpholine rings is 1. The zero-order valence-corrected chi connectivity index (χ0v) is 11.1. The number of unbranched alkanes of at least 4 members (excludes halogenated alkanes) is 1. The van der Waals surface area contributed by atoms with Gasteiger partial charge in [0.2, 0.25) is 0 Å². The van der Waals surface area contributed by atoms with E-state index in [4.69, 9.17) is 4.74 Å². The monoisotopic (exact) mass is 253 g/mol. The van der Waals surface area contributed by atoms with Crippen LogP contribution in [0.25, 0.3) is 0 Å². The van der Waals surface area contributed by atoms with Gasteiger partial charge >= 0.3 is 0 Å². The van der Waals surface area contributed by atoms with Crippen LogP contribution in [0.1, 0.15) is 19.8 Å². The summed E-state index contributed by atoms with van der Waals surface area (Å²) >= 11 is 1.81. The van der Waals surface area contributed by atoms with E-state index in [1.54, 1.807) is 6.33 Å². The highest BCUT2D eigenvalue weighted by Crippen LogP contribution is 2.21. The summed E-state index contributed by atoms with van der Waals surface area (Å²) in [5, 5.41) is 1.08. The van der Waals surface area contributed by atoms with Crippen molar-refractivity contribution in [2.24, 2.45) is 0 Å².